The molecule has 0 fully saturated rings. The fourth-order valence-corrected chi connectivity index (χ4v) is 5.30. The van der Waals surface area contributed by atoms with Gasteiger partial charge in [-0.2, -0.15) is 4.98 Å². The summed E-state index contributed by atoms with van der Waals surface area (Å²) in [5.74, 6) is 0.933. The van der Waals surface area contributed by atoms with Crippen LogP contribution in [0.3, 0.4) is 0 Å². The summed E-state index contributed by atoms with van der Waals surface area (Å²) in [4.78, 5) is 37.0. The summed E-state index contributed by atoms with van der Waals surface area (Å²) in [6.45, 7) is 3.29. The zero-order chi connectivity index (χ0) is 27.9. The predicted molar refractivity (Wildman–Crippen MR) is 163 cm³/mol. The third-order valence-electron chi connectivity index (χ3n) is 7.11. The van der Waals surface area contributed by atoms with Crippen molar-refractivity contribution in [1.29, 1.82) is 0 Å². The summed E-state index contributed by atoms with van der Waals surface area (Å²) in [6.07, 6.45) is 18.2. The Bertz CT molecular complexity index is 1260. The van der Waals surface area contributed by atoms with Crippen LogP contribution in [-0.4, -0.2) is 33.2 Å². The number of nitrogens with one attached hydrogen (secondary N) is 2. The van der Waals surface area contributed by atoms with Gasteiger partial charge in [-0.25, -0.2) is 4.98 Å². The van der Waals surface area contributed by atoms with Crippen molar-refractivity contribution in [2.75, 3.05) is 19.0 Å². The molecule has 8 nitrogen and oxygen atoms in total. The highest BCUT2D eigenvalue weighted by atomic mass is 79.9. The largest absolute Gasteiger partial charge is 0.497 e. The molecule has 0 aliphatic carbocycles. The number of anilines is 1. The number of imidazole rings is 1. The number of methoxy groups -OCH3 is 1. The second kappa shape index (κ2) is 17.1. The van der Waals surface area contributed by atoms with Gasteiger partial charge in [0.1, 0.15) is 11.3 Å². The fraction of sp³-hybridized carbons (Fsp3) is 0.600. The highest BCUT2D eigenvalue weighted by Crippen LogP contribution is 2.19. The van der Waals surface area contributed by atoms with E-state index in [4.69, 9.17) is 4.74 Å². The van der Waals surface area contributed by atoms with E-state index >= 15 is 0 Å². The van der Waals surface area contributed by atoms with Crippen LogP contribution in [0.15, 0.2) is 38.6 Å². The van der Waals surface area contributed by atoms with Crippen molar-refractivity contribution in [2.45, 2.75) is 103 Å². The molecule has 214 valence electrons. The fourth-order valence-electron chi connectivity index (χ4n) is 4.82. The van der Waals surface area contributed by atoms with Crippen LogP contribution in [0.25, 0.3) is 11.0 Å². The van der Waals surface area contributed by atoms with Crippen molar-refractivity contribution >= 4 is 32.9 Å². The second-order valence-corrected chi connectivity index (χ2v) is 11.0. The lowest BCUT2D eigenvalue weighted by Crippen LogP contribution is -2.13. The molecule has 0 atom stereocenters. The van der Waals surface area contributed by atoms with Crippen molar-refractivity contribution in [3.63, 3.8) is 0 Å². The summed E-state index contributed by atoms with van der Waals surface area (Å²) in [5.41, 5.74) is 0.231. The van der Waals surface area contributed by atoms with Crippen molar-refractivity contribution in [3.05, 3.63) is 55.3 Å². The van der Waals surface area contributed by atoms with E-state index in [1.165, 1.54) is 77.0 Å². The van der Waals surface area contributed by atoms with Gasteiger partial charge in [-0.15, -0.1) is 0 Å². The van der Waals surface area contributed by atoms with Crippen molar-refractivity contribution < 1.29 is 4.74 Å². The minimum Gasteiger partial charge on any atom is -0.497 e. The van der Waals surface area contributed by atoms with Gasteiger partial charge in [0, 0.05) is 6.54 Å². The molecule has 1 aromatic carbocycles. The third kappa shape index (κ3) is 10.1. The van der Waals surface area contributed by atoms with E-state index in [1.807, 2.05) is 24.3 Å². The number of nitrogens with zero attached hydrogens (tertiary/aromatic N) is 3. The Balaban J connectivity index is 1.42. The van der Waals surface area contributed by atoms with E-state index in [1.54, 1.807) is 11.7 Å². The number of benzene rings is 1. The summed E-state index contributed by atoms with van der Waals surface area (Å²) >= 11 is 3.39. The minimum atomic E-state index is -0.541. The molecule has 0 saturated heterocycles. The first kappa shape index (κ1) is 30.9. The molecule has 39 heavy (non-hydrogen) atoms. The Hall–Kier alpha value is -2.68. The Morgan fingerprint density at radius 2 is 1.41 bits per heavy atom. The first-order chi connectivity index (χ1) is 19.0. The van der Waals surface area contributed by atoms with Gasteiger partial charge in [0.15, 0.2) is 10.3 Å². The van der Waals surface area contributed by atoms with Crippen molar-refractivity contribution in [2.24, 2.45) is 0 Å². The van der Waals surface area contributed by atoms with Crippen LogP contribution in [0, 0.1) is 0 Å². The molecule has 0 amide bonds. The van der Waals surface area contributed by atoms with Crippen LogP contribution in [-0.2, 0) is 6.54 Å². The Kier molecular flexibility index (Phi) is 13.5. The number of aromatic amines is 1. The zero-order valence-electron chi connectivity index (χ0n) is 23.6. The Morgan fingerprint density at radius 3 is 1.97 bits per heavy atom. The zero-order valence-corrected chi connectivity index (χ0v) is 25.2. The third-order valence-corrected chi connectivity index (χ3v) is 7.71. The SMILES string of the molecule is CCCCCCCCCCCCCCCCNc1nc(=O)c2nc(Br)n(Cc3ccc(OC)cc3)c2c(=O)[nH]1. The maximum Gasteiger partial charge on any atom is 0.301 e. The molecule has 0 aliphatic rings. The van der Waals surface area contributed by atoms with Gasteiger partial charge in [0.05, 0.1) is 13.7 Å². The number of hydrogen-bond donors (Lipinski definition) is 2. The number of unbranched alkanes of at least 4 members (excludes halogenated alkanes) is 13. The highest BCUT2D eigenvalue weighted by molar-refractivity contribution is 9.10. The highest BCUT2D eigenvalue weighted by Gasteiger charge is 2.16. The summed E-state index contributed by atoms with van der Waals surface area (Å²) < 4.78 is 7.29. The molecule has 3 aromatic rings. The monoisotopic (exact) mass is 601 g/mol. The number of halogens is 1. The average Bonchev–Trinajstić information content (AvgIpc) is 3.21. The normalized spacial score (nSPS) is 11.3. The maximum atomic E-state index is 13.1. The Labute approximate surface area is 240 Å². The maximum absolute atomic E-state index is 13.1. The van der Waals surface area contributed by atoms with Crippen molar-refractivity contribution in [1.82, 2.24) is 19.5 Å². The number of rotatable bonds is 19. The van der Waals surface area contributed by atoms with E-state index in [-0.39, 0.29) is 17.0 Å². The first-order valence-electron chi connectivity index (χ1n) is 14.6. The number of ether oxygens (including phenoxy) is 1. The van der Waals surface area contributed by atoms with Gasteiger partial charge >= 0.3 is 5.56 Å². The van der Waals surface area contributed by atoms with Crippen LogP contribution in [0.2, 0.25) is 0 Å². The van der Waals surface area contributed by atoms with Gasteiger partial charge in [-0.1, -0.05) is 103 Å². The molecule has 0 aliphatic heterocycles. The van der Waals surface area contributed by atoms with E-state index in [0.29, 0.717) is 17.8 Å². The lowest BCUT2D eigenvalue weighted by atomic mass is 10.0. The molecule has 2 heterocycles. The molecular formula is C30H44BrN5O3. The lowest BCUT2D eigenvalue weighted by Gasteiger charge is -2.06. The first-order valence-corrected chi connectivity index (χ1v) is 15.4. The lowest BCUT2D eigenvalue weighted by molar-refractivity contribution is 0.414. The Morgan fingerprint density at radius 1 is 0.846 bits per heavy atom. The number of fused-ring (bicyclic) bond motifs is 1. The standard InChI is InChI=1S/C30H44BrN5O3/c1-3-4-5-6-7-8-9-10-11-12-13-14-15-16-21-32-30-34-27(37)25-26(28(38)35-30)36(29(31)33-25)22-23-17-19-24(39-2)20-18-23/h17-20H,3-16,21-22H2,1-2H3,(H2,32,34,35,37,38). The van der Waals surface area contributed by atoms with Crippen LogP contribution >= 0.6 is 15.9 Å². The number of hydrogen-bond acceptors (Lipinski definition) is 6. The molecule has 9 heteroatoms. The smallest absolute Gasteiger partial charge is 0.301 e. The molecule has 0 saturated carbocycles. The summed E-state index contributed by atoms with van der Waals surface area (Å²) in [7, 11) is 1.61. The second-order valence-electron chi connectivity index (χ2n) is 10.3. The van der Waals surface area contributed by atoms with Crippen LogP contribution in [0.4, 0.5) is 5.95 Å². The number of H-pyrrole nitrogens is 1. The van der Waals surface area contributed by atoms with Crippen LogP contribution in [0.1, 0.15) is 102 Å². The van der Waals surface area contributed by atoms with Gasteiger partial charge in [0.25, 0.3) is 5.56 Å². The van der Waals surface area contributed by atoms with Gasteiger partial charge < -0.3 is 14.6 Å². The molecule has 0 radical (unpaired) electrons. The topological polar surface area (TPSA) is 102 Å². The van der Waals surface area contributed by atoms with Crippen LogP contribution in [0.5, 0.6) is 5.75 Å². The van der Waals surface area contributed by atoms with E-state index in [0.717, 1.165) is 24.2 Å². The van der Waals surface area contributed by atoms with Crippen molar-refractivity contribution in [3.8, 4) is 5.75 Å². The molecule has 0 spiro atoms. The van der Waals surface area contributed by atoms with Gasteiger partial charge in [0.2, 0.25) is 5.95 Å². The summed E-state index contributed by atoms with van der Waals surface area (Å²) in [5, 5.41) is 3.12. The predicted octanol–water partition coefficient (Wildman–Crippen LogP) is 7.19. The summed E-state index contributed by atoms with van der Waals surface area (Å²) in [6, 6.07) is 7.53. The van der Waals surface area contributed by atoms with E-state index < -0.39 is 11.1 Å². The molecular weight excluding hydrogens is 558 g/mol. The van der Waals surface area contributed by atoms with Gasteiger partial charge in [-0.3, -0.25) is 14.6 Å². The quantitative estimate of drug-likeness (QED) is 0.141. The minimum absolute atomic E-state index is 0.0428. The van der Waals surface area contributed by atoms with E-state index in [9.17, 15) is 9.59 Å². The molecule has 2 aromatic heterocycles. The molecule has 2 N–H and O–H groups in total. The molecule has 0 bridgehead atoms. The van der Waals surface area contributed by atoms with Gasteiger partial charge in [-0.05, 0) is 40.0 Å². The average molecular weight is 603 g/mol. The van der Waals surface area contributed by atoms with Crippen LogP contribution < -0.4 is 21.2 Å². The number of aromatic nitrogens is 4. The molecule has 3 rings (SSSR count). The van der Waals surface area contributed by atoms with E-state index in [2.05, 4.69) is 43.1 Å². The molecule has 0 unspecified atom stereocenters.